The molecular weight excluding hydrogens is 260 g/mol. The highest BCUT2D eigenvalue weighted by molar-refractivity contribution is 5.85. The van der Waals surface area contributed by atoms with Gasteiger partial charge in [-0.05, 0) is 18.9 Å². The van der Waals surface area contributed by atoms with E-state index in [9.17, 15) is 13.9 Å². The lowest BCUT2D eigenvalue weighted by Gasteiger charge is -2.20. The maximum absolute atomic E-state index is 13.6. The summed E-state index contributed by atoms with van der Waals surface area (Å²) in [5, 5.41) is 9.77. The van der Waals surface area contributed by atoms with Gasteiger partial charge in [-0.15, -0.1) is 12.4 Å². The van der Waals surface area contributed by atoms with Gasteiger partial charge in [-0.2, -0.15) is 0 Å². The standard InChI is InChI=1S/C13H19F2NO.ClH/c1-3-4-5-10(17)13(16)9-7-6-8(2)11(14)12(9)15;/h6-7,10,13,17H,3-5,16H2,1-2H3;1H/t10-,13+;/m0./s1. The van der Waals surface area contributed by atoms with Crippen molar-refractivity contribution >= 4 is 12.4 Å². The van der Waals surface area contributed by atoms with E-state index in [0.717, 1.165) is 12.8 Å². The molecule has 1 rings (SSSR count). The molecule has 0 saturated heterocycles. The lowest BCUT2D eigenvalue weighted by atomic mass is 9.97. The Morgan fingerprint density at radius 1 is 1.28 bits per heavy atom. The van der Waals surface area contributed by atoms with E-state index in [2.05, 4.69) is 0 Å². The molecule has 0 fully saturated rings. The van der Waals surface area contributed by atoms with Crippen LogP contribution in [-0.2, 0) is 0 Å². The fourth-order valence-electron chi connectivity index (χ4n) is 1.72. The largest absolute Gasteiger partial charge is 0.391 e. The molecule has 104 valence electrons. The van der Waals surface area contributed by atoms with Gasteiger partial charge in [0.25, 0.3) is 0 Å². The molecule has 2 nitrogen and oxygen atoms in total. The Bertz CT molecular complexity index is 387. The topological polar surface area (TPSA) is 46.2 Å². The lowest BCUT2D eigenvalue weighted by Crippen LogP contribution is -2.27. The van der Waals surface area contributed by atoms with E-state index in [1.807, 2.05) is 6.92 Å². The summed E-state index contributed by atoms with van der Waals surface area (Å²) in [5.74, 6) is -1.84. The van der Waals surface area contributed by atoms with Gasteiger partial charge in [-0.25, -0.2) is 8.78 Å². The molecule has 3 N–H and O–H groups in total. The lowest BCUT2D eigenvalue weighted by molar-refractivity contribution is 0.130. The van der Waals surface area contributed by atoms with Gasteiger partial charge in [0.1, 0.15) is 0 Å². The van der Waals surface area contributed by atoms with Crippen molar-refractivity contribution in [3.8, 4) is 0 Å². The second-order valence-corrected chi connectivity index (χ2v) is 4.34. The minimum atomic E-state index is -0.951. The highest BCUT2D eigenvalue weighted by Crippen LogP contribution is 2.24. The maximum atomic E-state index is 13.6. The molecule has 0 aromatic heterocycles. The molecule has 18 heavy (non-hydrogen) atoms. The highest BCUT2D eigenvalue weighted by Gasteiger charge is 2.22. The Hall–Kier alpha value is -0.710. The Morgan fingerprint density at radius 2 is 1.89 bits per heavy atom. The minimum absolute atomic E-state index is 0. The summed E-state index contributed by atoms with van der Waals surface area (Å²) in [4.78, 5) is 0. The highest BCUT2D eigenvalue weighted by atomic mass is 35.5. The monoisotopic (exact) mass is 279 g/mol. The fraction of sp³-hybridized carbons (Fsp3) is 0.538. The number of benzene rings is 1. The van der Waals surface area contributed by atoms with E-state index in [1.165, 1.54) is 19.1 Å². The number of rotatable bonds is 5. The average molecular weight is 280 g/mol. The van der Waals surface area contributed by atoms with Crippen LogP contribution in [0.2, 0.25) is 0 Å². The van der Waals surface area contributed by atoms with Crippen LogP contribution in [0.5, 0.6) is 0 Å². The first-order valence-electron chi connectivity index (χ1n) is 5.87. The van der Waals surface area contributed by atoms with Crippen molar-refractivity contribution in [1.82, 2.24) is 0 Å². The summed E-state index contributed by atoms with van der Waals surface area (Å²) in [6, 6.07) is 2.03. The molecule has 0 amide bonds. The third-order valence-electron chi connectivity index (χ3n) is 2.93. The first-order valence-corrected chi connectivity index (χ1v) is 5.87. The fourth-order valence-corrected chi connectivity index (χ4v) is 1.72. The summed E-state index contributed by atoms with van der Waals surface area (Å²) < 4.78 is 27.0. The second kappa shape index (κ2) is 7.67. The van der Waals surface area contributed by atoms with E-state index in [4.69, 9.17) is 5.73 Å². The number of hydrogen-bond donors (Lipinski definition) is 2. The Balaban J connectivity index is 0.00000289. The molecule has 5 heteroatoms. The van der Waals surface area contributed by atoms with Crippen LogP contribution in [0.3, 0.4) is 0 Å². The number of aliphatic hydroxyl groups excluding tert-OH is 1. The zero-order valence-corrected chi connectivity index (χ0v) is 11.4. The maximum Gasteiger partial charge on any atom is 0.163 e. The number of hydrogen-bond acceptors (Lipinski definition) is 2. The van der Waals surface area contributed by atoms with E-state index in [1.54, 1.807) is 0 Å². The summed E-state index contributed by atoms with van der Waals surface area (Å²) >= 11 is 0. The predicted molar refractivity (Wildman–Crippen MR) is 70.8 cm³/mol. The van der Waals surface area contributed by atoms with Gasteiger partial charge in [0.05, 0.1) is 12.1 Å². The molecule has 0 heterocycles. The predicted octanol–water partition coefficient (Wildman–Crippen LogP) is 3.25. The van der Waals surface area contributed by atoms with Crippen LogP contribution in [0, 0.1) is 18.6 Å². The van der Waals surface area contributed by atoms with Crippen LogP contribution < -0.4 is 5.73 Å². The minimum Gasteiger partial charge on any atom is -0.391 e. The molecule has 2 atom stereocenters. The van der Waals surface area contributed by atoms with Gasteiger partial charge in [0.2, 0.25) is 0 Å². The molecule has 0 radical (unpaired) electrons. The van der Waals surface area contributed by atoms with Crippen LogP contribution in [-0.4, -0.2) is 11.2 Å². The SMILES string of the molecule is CCCC[C@H](O)[C@H](N)c1ccc(C)c(F)c1F.Cl. The van der Waals surface area contributed by atoms with Gasteiger partial charge in [0.15, 0.2) is 11.6 Å². The molecule has 0 aliphatic rings. The van der Waals surface area contributed by atoms with E-state index < -0.39 is 23.8 Å². The number of halogens is 3. The molecule has 0 saturated carbocycles. The molecule has 0 bridgehead atoms. The summed E-state index contributed by atoms with van der Waals surface area (Å²) in [6.07, 6.45) is 1.39. The van der Waals surface area contributed by atoms with Crippen molar-refractivity contribution in [3.05, 3.63) is 34.9 Å². The third-order valence-corrected chi connectivity index (χ3v) is 2.93. The van der Waals surface area contributed by atoms with Crippen LogP contribution in [0.1, 0.15) is 43.4 Å². The van der Waals surface area contributed by atoms with Crippen molar-refractivity contribution in [2.45, 2.75) is 45.3 Å². The van der Waals surface area contributed by atoms with E-state index in [0.29, 0.717) is 6.42 Å². The zero-order chi connectivity index (χ0) is 13.0. The van der Waals surface area contributed by atoms with Gasteiger partial charge in [-0.3, -0.25) is 0 Å². The number of unbranched alkanes of at least 4 members (excludes halogenated alkanes) is 1. The first-order chi connectivity index (χ1) is 7.99. The molecule has 1 aromatic carbocycles. The number of nitrogens with two attached hydrogens (primary N) is 1. The first kappa shape index (κ1) is 17.3. The summed E-state index contributed by atoms with van der Waals surface area (Å²) in [7, 11) is 0. The molecule has 0 spiro atoms. The van der Waals surface area contributed by atoms with Crippen LogP contribution in [0.4, 0.5) is 8.78 Å². The summed E-state index contributed by atoms with van der Waals surface area (Å²) in [6.45, 7) is 3.48. The molecule has 0 aliphatic heterocycles. The summed E-state index contributed by atoms with van der Waals surface area (Å²) in [5.41, 5.74) is 6.02. The van der Waals surface area contributed by atoms with E-state index >= 15 is 0 Å². The molecule has 0 unspecified atom stereocenters. The molecular formula is C13H20ClF2NO. The quantitative estimate of drug-likeness (QED) is 0.869. The van der Waals surface area contributed by atoms with Crippen molar-refractivity contribution in [2.75, 3.05) is 0 Å². The Labute approximate surface area is 113 Å². The van der Waals surface area contributed by atoms with Gasteiger partial charge in [-0.1, -0.05) is 31.9 Å². The van der Waals surface area contributed by atoms with Crippen molar-refractivity contribution < 1.29 is 13.9 Å². The second-order valence-electron chi connectivity index (χ2n) is 4.34. The normalized spacial score (nSPS) is 13.9. The smallest absolute Gasteiger partial charge is 0.163 e. The van der Waals surface area contributed by atoms with Gasteiger partial charge in [0, 0.05) is 5.56 Å². The molecule has 0 aliphatic carbocycles. The van der Waals surface area contributed by atoms with E-state index in [-0.39, 0.29) is 23.5 Å². The van der Waals surface area contributed by atoms with Crippen LogP contribution >= 0.6 is 12.4 Å². The van der Waals surface area contributed by atoms with Crippen molar-refractivity contribution in [1.29, 1.82) is 0 Å². The van der Waals surface area contributed by atoms with Gasteiger partial charge >= 0.3 is 0 Å². The Morgan fingerprint density at radius 3 is 2.44 bits per heavy atom. The van der Waals surface area contributed by atoms with Crippen LogP contribution in [0.15, 0.2) is 12.1 Å². The average Bonchev–Trinajstić information content (AvgIpc) is 2.32. The number of aryl methyl sites for hydroxylation is 1. The number of aliphatic hydroxyl groups is 1. The van der Waals surface area contributed by atoms with Gasteiger partial charge < -0.3 is 10.8 Å². The third kappa shape index (κ3) is 3.90. The van der Waals surface area contributed by atoms with Crippen LogP contribution in [0.25, 0.3) is 0 Å². The molecule has 1 aromatic rings. The Kier molecular flexibility index (Phi) is 7.36. The van der Waals surface area contributed by atoms with Crippen molar-refractivity contribution in [2.24, 2.45) is 5.73 Å². The zero-order valence-electron chi connectivity index (χ0n) is 10.6. The van der Waals surface area contributed by atoms with Crippen molar-refractivity contribution in [3.63, 3.8) is 0 Å².